The van der Waals surface area contributed by atoms with Crippen molar-refractivity contribution in [2.45, 2.75) is 19.5 Å². The number of carbonyl (C=O) groups excluding carboxylic acids is 1. The normalized spacial score (nSPS) is 13.0. The van der Waals surface area contributed by atoms with Gasteiger partial charge in [0.25, 0.3) is 0 Å². The van der Waals surface area contributed by atoms with E-state index in [0.717, 1.165) is 12.1 Å². The number of benzene rings is 1. The van der Waals surface area contributed by atoms with Crippen LogP contribution < -0.4 is 0 Å². The van der Waals surface area contributed by atoms with Crippen LogP contribution >= 0.6 is 0 Å². The molecule has 0 radical (unpaired) electrons. The zero-order chi connectivity index (χ0) is 16.0. The van der Waals surface area contributed by atoms with Crippen molar-refractivity contribution >= 4 is 5.97 Å². The van der Waals surface area contributed by atoms with Gasteiger partial charge in [0, 0.05) is 13.7 Å². The zero-order valence-corrected chi connectivity index (χ0v) is 11.7. The molecule has 0 aromatic heterocycles. The third kappa shape index (κ3) is 5.00. The summed E-state index contributed by atoms with van der Waals surface area (Å²) >= 11 is 0. The summed E-state index contributed by atoms with van der Waals surface area (Å²) in [6.07, 6.45) is -4.24. The molecule has 1 rings (SSSR count). The van der Waals surface area contributed by atoms with Gasteiger partial charge in [0.1, 0.15) is 5.82 Å². The Hall–Kier alpha value is -1.63. The van der Waals surface area contributed by atoms with Crippen LogP contribution in [0.4, 0.5) is 17.6 Å². The summed E-state index contributed by atoms with van der Waals surface area (Å²) in [6, 6.07) is 2.51. The van der Waals surface area contributed by atoms with Crippen LogP contribution in [0.15, 0.2) is 18.2 Å². The van der Waals surface area contributed by atoms with Gasteiger partial charge in [0.15, 0.2) is 0 Å². The molecule has 0 amide bonds. The molecular formula is C14H16F4O3. The zero-order valence-electron chi connectivity index (χ0n) is 11.7. The van der Waals surface area contributed by atoms with Gasteiger partial charge < -0.3 is 9.47 Å². The van der Waals surface area contributed by atoms with E-state index in [4.69, 9.17) is 9.47 Å². The maximum atomic E-state index is 13.7. The van der Waals surface area contributed by atoms with Crippen LogP contribution in [0.2, 0.25) is 0 Å². The van der Waals surface area contributed by atoms with E-state index < -0.39 is 29.1 Å². The van der Waals surface area contributed by atoms with Gasteiger partial charge in [0.05, 0.1) is 17.7 Å². The Morgan fingerprint density at radius 3 is 2.57 bits per heavy atom. The molecule has 7 heteroatoms. The lowest BCUT2D eigenvalue weighted by atomic mass is 10.1. The van der Waals surface area contributed by atoms with Crippen molar-refractivity contribution in [1.29, 1.82) is 0 Å². The highest BCUT2D eigenvalue weighted by atomic mass is 19.4. The molecule has 0 saturated carbocycles. The van der Waals surface area contributed by atoms with Crippen molar-refractivity contribution in [1.82, 2.24) is 0 Å². The standard InChI is InChI=1S/C14H16F4O3/c1-9(6-7-20-2)8-21-13(19)10-4-3-5-11(12(10)15)14(16,17)18/h3-5,9H,6-8H2,1-2H3. The van der Waals surface area contributed by atoms with Gasteiger partial charge in [-0.2, -0.15) is 13.2 Å². The molecule has 0 spiro atoms. The van der Waals surface area contributed by atoms with E-state index in [0.29, 0.717) is 19.1 Å². The second kappa shape index (κ2) is 7.40. The summed E-state index contributed by atoms with van der Waals surface area (Å²) in [5.74, 6) is -2.76. The second-order valence-electron chi connectivity index (χ2n) is 4.65. The molecular weight excluding hydrogens is 292 g/mol. The van der Waals surface area contributed by atoms with Crippen molar-refractivity contribution < 1.29 is 31.8 Å². The number of hydrogen-bond acceptors (Lipinski definition) is 3. The lowest BCUT2D eigenvalue weighted by Gasteiger charge is -2.13. The SMILES string of the molecule is COCCC(C)COC(=O)c1cccc(C(F)(F)F)c1F. The summed E-state index contributed by atoms with van der Waals surface area (Å²) in [7, 11) is 1.52. The first-order chi connectivity index (χ1) is 9.77. The van der Waals surface area contributed by atoms with Gasteiger partial charge in [-0.25, -0.2) is 9.18 Å². The van der Waals surface area contributed by atoms with E-state index in [1.54, 1.807) is 6.92 Å². The molecule has 0 N–H and O–H groups in total. The van der Waals surface area contributed by atoms with Crippen molar-refractivity contribution in [2.75, 3.05) is 20.3 Å². The molecule has 118 valence electrons. The van der Waals surface area contributed by atoms with Gasteiger partial charge >= 0.3 is 12.1 Å². The summed E-state index contributed by atoms with van der Waals surface area (Å²) in [6.45, 7) is 2.24. The maximum absolute atomic E-state index is 13.7. The molecule has 1 unspecified atom stereocenters. The van der Waals surface area contributed by atoms with E-state index in [-0.39, 0.29) is 12.5 Å². The van der Waals surface area contributed by atoms with Crippen LogP contribution in [0.3, 0.4) is 0 Å². The molecule has 0 heterocycles. The second-order valence-corrected chi connectivity index (χ2v) is 4.65. The molecule has 1 aromatic rings. The van der Waals surface area contributed by atoms with Crippen LogP contribution in [0.25, 0.3) is 0 Å². The summed E-state index contributed by atoms with van der Waals surface area (Å²) in [4.78, 5) is 11.7. The van der Waals surface area contributed by atoms with Crippen LogP contribution in [-0.2, 0) is 15.7 Å². The molecule has 21 heavy (non-hydrogen) atoms. The fourth-order valence-corrected chi connectivity index (χ4v) is 1.61. The molecule has 1 aromatic carbocycles. The largest absolute Gasteiger partial charge is 0.462 e. The number of hydrogen-bond donors (Lipinski definition) is 0. The van der Waals surface area contributed by atoms with Gasteiger partial charge in [-0.1, -0.05) is 13.0 Å². The summed E-state index contributed by atoms with van der Waals surface area (Å²) in [5.41, 5.74) is -2.20. The number of ether oxygens (including phenoxy) is 2. The number of methoxy groups -OCH3 is 1. The first-order valence-corrected chi connectivity index (χ1v) is 6.29. The number of rotatable bonds is 6. The van der Waals surface area contributed by atoms with Crippen LogP contribution in [0.5, 0.6) is 0 Å². The first-order valence-electron chi connectivity index (χ1n) is 6.29. The average molecular weight is 308 g/mol. The van der Waals surface area contributed by atoms with Gasteiger partial charge in [-0.15, -0.1) is 0 Å². The van der Waals surface area contributed by atoms with Gasteiger partial charge in [-0.05, 0) is 24.5 Å². The molecule has 0 aliphatic carbocycles. The fourth-order valence-electron chi connectivity index (χ4n) is 1.61. The highest BCUT2D eigenvalue weighted by Crippen LogP contribution is 2.32. The fraction of sp³-hybridized carbons (Fsp3) is 0.500. The minimum absolute atomic E-state index is 0.0160. The number of esters is 1. The average Bonchev–Trinajstić information content (AvgIpc) is 2.41. The van der Waals surface area contributed by atoms with E-state index in [1.807, 2.05) is 0 Å². The minimum atomic E-state index is -4.86. The van der Waals surface area contributed by atoms with E-state index in [2.05, 4.69) is 0 Å². The quantitative estimate of drug-likeness (QED) is 0.594. The lowest BCUT2D eigenvalue weighted by molar-refractivity contribution is -0.140. The van der Waals surface area contributed by atoms with Crippen LogP contribution in [-0.4, -0.2) is 26.3 Å². The van der Waals surface area contributed by atoms with Gasteiger partial charge in [0.2, 0.25) is 0 Å². The maximum Gasteiger partial charge on any atom is 0.419 e. The first kappa shape index (κ1) is 17.4. The van der Waals surface area contributed by atoms with E-state index in [1.165, 1.54) is 7.11 Å². The molecule has 0 bridgehead atoms. The Balaban J connectivity index is 2.75. The van der Waals surface area contributed by atoms with Crippen LogP contribution in [0, 0.1) is 11.7 Å². The number of alkyl halides is 3. The number of halogens is 4. The van der Waals surface area contributed by atoms with Crippen molar-refractivity contribution in [3.8, 4) is 0 Å². The highest BCUT2D eigenvalue weighted by molar-refractivity contribution is 5.90. The third-order valence-corrected chi connectivity index (χ3v) is 2.84. The minimum Gasteiger partial charge on any atom is -0.462 e. The van der Waals surface area contributed by atoms with E-state index in [9.17, 15) is 22.4 Å². The smallest absolute Gasteiger partial charge is 0.419 e. The molecule has 0 saturated heterocycles. The Morgan fingerprint density at radius 1 is 1.33 bits per heavy atom. The van der Waals surface area contributed by atoms with Crippen molar-refractivity contribution in [3.05, 3.63) is 35.1 Å². The van der Waals surface area contributed by atoms with Crippen molar-refractivity contribution in [3.63, 3.8) is 0 Å². The summed E-state index contributed by atoms with van der Waals surface area (Å²) in [5, 5.41) is 0. The lowest BCUT2D eigenvalue weighted by Crippen LogP contribution is -2.17. The van der Waals surface area contributed by atoms with Crippen LogP contribution in [0.1, 0.15) is 29.3 Å². The molecule has 1 atom stereocenters. The van der Waals surface area contributed by atoms with Gasteiger partial charge in [-0.3, -0.25) is 0 Å². The predicted molar refractivity (Wildman–Crippen MR) is 67.3 cm³/mol. The Kier molecular flexibility index (Phi) is 6.14. The Morgan fingerprint density at radius 2 is 2.00 bits per heavy atom. The molecule has 0 fully saturated rings. The highest BCUT2D eigenvalue weighted by Gasteiger charge is 2.35. The monoisotopic (exact) mass is 308 g/mol. The Bertz CT molecular complexity index is 486. The van der Waals surface area contributed by atoms with Crippen molar-refractivity contribution in [2.24, 2.45) is 5.92 Å². The third-order valence-electron chi connectivity index (χ3n) is 2.84. The molecule has 3 nitrogen and oxygen atoms in total. The molecule has 0 aliphatic heterocycles. The topological polar surface area (TPSA) is 35.5 Å². The summed E-state index contributed by atoms with van der Waals surface area (Å²) < 4.78 is 61.0. The number of carbonyl (C=O) groups is 1. The van der Waals surface area contributed by atoms with E-state index >= 15 is 0 Å². The molecule has 0 aliphatic rings. The Labute approximate surface area is 119 Å². The predicted octanol–water partition coefficient (Wildman–Crippen LogP) is 3.67.